The molecule has 1 aliphatic rings. The molecule has 0 unspecified atom stereocenters. The lowest BCUT2D eigenvalue weighted by molar-refractivity contribution is -0.0383. The Hall–Kier alpha value is -3.24. The molecule has 3 heterocycles. The van der Waals surface area contributed by atoms with Gasteiger partial charge in [0.25, 0.3) is 0 Å². The van der Waals surface area contributed by atoms with E-state index >= 15 is 0 Å². The van der Waals surface area contributed by atoms with Crippen LogP contribution in [0.4, 0.5) is 5.69 Å². The molecule has 2 atom stereocenters. The van der Waals surface area contributed by atoms with Crippen LogP contribution in [0, 0.1) is 11.3 Å². The van der Waals surface area contributed by atoms with E-state index in [4.69, 9.17) is 9.47 Å². The maximum absolute atomic E-state index is 9.35. The van der Waals surface area contributed by atoms with E-state index in [1.54, 1.807) is 24.7 Å². The lowest BCUT2D eigenvalue weighted by atomic mass is 10.1. The van der Waals surface area contributed by atoms with E-state index in [-0.39, 0.29) is 12.2 Å². The summed E-state index contributed by atoms with van der Waals surface area (Å²) < 4.78 is 11.7. The highest BCUT2D eigenvalue weighted by Gasteiger charge is 2.27. The van der Waals surface area contributed by atoms with Crippen LogP contribution in [-0.2, 0) is 4.74 Å². The summed E-state index contributed by atoms with van der Waals surface area (Å²) in [4.78, 5) is 14.8. The van der Waals surface area contributed by atoms with Crippen molar-refractivity contribution >= 4 is 16.6 Å². The van der Waals surface area contributed by atoms with Gasteiger partial charge in [0.15, 0.2) is 0 Å². The molecule has 0 N–H and O–H groups in total. The van der Waals surface area contributed by atoms with E-state index in [9.17, 15) is 5.26 Å². The number of anilines is 1. The summed E-state index contributed by atoms with van der Waals surface area (Å²) in [6.07, 6.45) is 4.95. The molecule has 7 heteroatoms. The Kier molecular flexibility index (Phi) is 4.81. The molecule has 1 saturated heterocycles. The minimum atomic E-state index is -0.111. The molecule has 136 valence electrons. The molecular weight excluding hydrogens is 342 g/mol. The van der Waals surface area contributed by atoms with Gasteiger partial charge in [-0.05, 0) is 37.3 Å². The first kappa shape index (κ1) is 17.2. The predicted molar refractivity (Wildman–Crippen MR) is 101 cm³/mol. The third-order valence-electron chi connectivity index (χ3n) is 4.47. The molecule has 27 heavy (non-hydrogen) atoms. The van der Waals surface area contributed by atoms with Crippen LogP contribution in [0.3, 0.4) is 0 Å². The molecule has 0 amide bonds. The zero-order valence-electron chi connectivity index (χ0n) is 14.9. The van der Waals surface area contributed by atoms with Crippen LogP contribution in [-0.4, -0.2) is 46.9 Å². The molecule has 0 aliphatic carbocycles. The van der Waals surface area contributed by atoms with Crippen LogP contribution in [0.25, 0.3) is 10.9 Å². The van der Waals surface area contributed by atoms with Crippen molar-refractivity contribution < 1.29 is 9.47 Å². The summed E-state index contributed by atoms with van der Waals surface area (Å²) in [6, 6.07) is 12.0. The fraction of sp³-hybridized carbons (Fsp3) is 0.300. The van der Waals surface area contributed by atoms with Crippen molar-refractivity contribution in [3.05, 3.63) is 54.5 Å². The molecule has 1 aromatic carbocycles. The molecule has 1 aliphatic heterocycles. The topological polar surface area (TPSA) is 84.2 Å². The van der Waals surface area contributed by atoms with E-state index in [2.05, 4.69) is 25.9 Å². The molecule has 7 nitrogen and oxygen atoms in total. The second-order valence-corrected chi connectivity index (χ2v) is 6.46. The molecule has 0 bridgehead atoms. The Morgan fingerprint density at radius 1 is 1.15 bits per heavy atom. The average molecular weight is 361 g/mol. The van der Waals surface area contributed by atoms with Gasteiger partial charge in [0, 0.05) is 42.8 Å². The van der Waals surface area contributed by atoms with Gasteiger partial charge in [0.1, 0.15) is 18.8 Å². The van der Waals surface area contributed by atoms with E-state index in [1.165, 1.54) is 0 Å². The summed E-state index contributed by atoms with van der Waals surface area (Å²) in [7, 11) is 0. The monoisotopic (exact) mass is 361 g/mol. The van der Waals surface area contributed by atoms with E-state index in [1.807, 2.05) is 31.2 Å². The lowest BCUT2D eigenvalue weighted by Gasteiger charge is -2.38. The predicted octanol–water partition coefficient (Wildman–Crippen LogP) is 2.57. The summed E-state index contributed by atoms with van der Waals surface area (Å²) in [6.45, 7) is 3.85. The number of hydrogen-bond donors (Lipinski definition) is 0. The largest absolute Gasteiger partial charge is 0.461 e. The lowest BCUT2D eigenvalue weighted by Crippen LogP contribution is -2.49. The van der Waals surface area contributed by atoms with Gasteiger partial charge in [-0.3, -0.25) is 4.98 Å². The maximum Gasteiger partial charge on any atom is 0.316 e. The summed E-state index contributed by atoms with van der Waals surface area (Å²) in [5.74, 6) is 0. The van der Waals surface area contributed by atoms with Gasteiger partial charge >= 0.3 is 6.01 Å². The zero-order valence-corrected chi connectivity index (χ0v) is 14.9. The summed E-state index contributed by atoms with van der Waals surface area (Å²) in [5.41, 5.74) is 2.35. The van der Waals surface area contributed by atoms with Crippen LogP contribution in [0.2, 0.25) is 0 Å². The number of aromatic nitrogens is 3. The molecule has 1 fully saturated rings. The van der Waals surface area contributed by atoms with Gasteiger partial charge < -0.3 is 14.4 Å². The Morgan fingerprint density at radius 2 is 1.96 bits per heavy atom. The van der Waals surface area contributed by atoms with Crippen molar-refractivity contribution in [3.8, 4) is 12.1 Å². The first-order valence-electron chi connectivity index (χ1n) is 8.82. The number of ether oxygens (including phenoxy) is 2. The Bertz CT molecular complexity index is 973. The van der Waals surface area contributed by atoms with E-state index in [0.717, 1.165) is 23.1 Å². The number of hydrogen-bond acceptors (Lipinski definition) is 7. The number of rotatable bonds is 4. The van der Waals surface area contributed by atoms with Crippen LogP contribution in [0.1, 0.15) is 12.5 Å². The van der Waals surface area contributed by atoms with Crippen molar-refractivity contribution in [2.24, 2.45) is 0 Å². The highest BCUT2D eigenvalue weighted by molar-refractivity contribution is 5.95. The molecule has 0 saturated carbocycles. The molecule has 4 rings (SSSR count). The van der Waals surface area contributed by atoms with E-state index < -0.39 is 0 Å². The number of pyridine rings is 1. The Balaban J connectivity index is 1.57. The number of benzene rings is 1. The SMILES string of the molecule is C[C@@H]1CN(c2ccc(C#N)c3ncccc23)C[C@H](COc2ncccn2)O1. The second kappa shape index (κ2) is 7.56. The average Bonchev–Trinajstić information content (AvgIpc) is 2.72. The highest BCUT2D eigenvalue weighted by atomic mass is 16.5. The third kappa shape index (κ3) is 3.66. The van der Waals surface area contributed by atoms with E-state index in [0.29, 0.717) is 24.7 Å². The first-order valence-corrected chi connectivity index (χ1v) is 8.82. The van der Waals surface area contributed by atoms with Gasteiger partial charge in [-0.25, -0.2) is 9.97 Å². The molecule has 2 aromatic heterocycles. The fourth-order valence-electron chi connectivity index (χ4n) is 3.38. The molecule has 0 spiro atoms. The quantitative estimate of drug-likeness (QED) is 0.706. The standard InChI is InChI=1S/C20H19N5O2/c1-14-11-25(12-16(27-14)13-26-20-23-8-3-9-24-20)18-6-5-15(10-21)19-17(18)4-2-7-22-19/h2-9,14,16H,11-13H2,1H3/t14-,16-/m1/s1. The van der Waals surface area contributed by atoms with Crippen molar-refractivity contribution in [2.45, 2.75) is 19.1 Å². The van der Waals surface area contributed by atoms with Crippen LogP contribution in [0.15, 0.2) is 48.9 Å². The van der Waals surface area contributed by atoms with Crippen LogP contribution < -0.4 is 9.64 Å². The van der Waals surface area contributed by atoms with Crippen LogP contribution >= 0.6 is 0 Å². The first-order chi connectivity index (χ1) is 13.2. The van der Waals surface area contributed by atoms with Gasteiger partial charge in [-0.15, -0.1) is 0 Å². The third-order valence-corrected chi connectivity index (χ3v) is 4.47. The smallest absolute Gasteiger partial charge is 0.316 e. The van der Waals surface area contributed by atoms with Crippen LogP contribution in [0.5, 0.6) is 6.01 Å². The number of nitrogens with zero attached hydrogens (tertiary/aromatic N) is 5. The Morgan fingerprint density at radius 3 is 2.78 bits per heavy atom. The van der Waals surface area contributed by atoms with Gasteiger partial charge in [-0.2, -0.15) is 5.26 Å². The Labute approximate surface area is 157 Å². The minimum absolute atomic E-state index is 0.0476. The van der Waals surface area contributed by atoms with Gasteiger partial charge in [0.05, 0.1) is 17.2 Å². The minimum Gasteiger partial charge on any atom is -0.461 e. The zero-order chi connectivity index (χ0) is 18.6. The summed E-state index contributed by atoms with van der Waals surface area (Å²) >= 11 is 0. The molecule has 3 aromatic rings. The van der Waals surface area contributed by atoms with Gasteiger partial charge in [0.2, 0.25) is 0 Å². The second-order valence-electron chi connectivity index (χ2n) is 6.46. The van der Waals surface area contributed by atoms with Crippen molar-refractivity contribution in [1.82, 2.24) is 15.0 Å². The normalized spacial score (nSPS) is 19.6. The maximum atomic E-state index is 9.35. The van der Waals surface area contributed by atoms with Crippen molar-refractivity contribution in [2.75, 3.05) is 24.6 Å². The van der Waals surface area contributed by atoms with Crippen molar-refractivity contribution in [3.63, 3.8) is 0 Å². The number of morpholine rings is 1. The van der Waals surface area contributed by atoms with Crippen molar-refractivity contribution in [1.29, 1.82) is 5.26 Å². The molecule has 0 radical (unpaired) electrons. The summed E-state index contributed by atoms with van der Waals surface area (Å²) in [5, 5.41) is 10.3. The highest BCUT2D eigenvalue weighted by Crippen LogP contribution is 2.30. The molecular formula is C20H19N5O2. The fourth-order valence-corrected chi connectivity index (χ4v) is 3.38. The number of fused-ring (bicyclic) bond motifs is 1. The number of nitriles is 1. The van der Waals surface area contributed by atoms with Gasteiger partial charge in [-0.1, -0.05) is 0 Å².